The smallest absolute Gasteiger partial charge is 0.321 e. The number of hydrogen-bond donors (Lipinski definition) is 1. The number of amides is 2. The van der Waals surface area contributed by atoms with Gasteiger partial charge in [-0.05, 0) is 49.9 Å². The molecule has 2 rings (SSSR count). The molecule has 1 atom stereocenters. The highest BCUT2D eigenvalue weighted by Gasteiger charge is 2.23. The minimum atomic E-state index is -0.0291. The van der Waals surface area contributed by atoms with Crippen LogP contribution in [0, 0.1) is 12.8 Å². The van der Waals surface area contributed by atoms with Crippen molar-refractivity contribution in [3.05, 3.63) is 23.8 Å². The Hall–Kier alpha value is -1.75. The predicted molar refractivity (Wildman–Crippen MR) is 96.8 cm³/mol. The Bertz CT molecular complexity index is 531. The van der Waals surface area contributed by atoms with Crippen LogP contribution in [-0.4, -0.2) is 44.3 Å². The van der Waals surface area contributed by atoms with Crippen LogP contribution in [0.4, 0.5) is 10.5 Å². The van der Waals surface area contributed by atoms with Gasteiger partial charge in [-0.1, -0.05) is 13.3 Å². The summed E-state index contributed by atoms with van der Waals surface area (Å²) in [4.78, 5) is 14.4. The fraction of sp³-hybridized carbons (Fsp3) is 0.632. The van der Waals surface area contributed by atoms with Crippen molar-refractivity contribution in [3.63, 3.8) is 0 Å². The topological polar surface area (TPSA) is 50.8 Å². The van der Waals surface area contributed by atoms with Gasteiger partial charge in [0.15, 0.2) is 0 Å². The standard InChI is InChI=1S/C19H30N2O3/c1-4-5-11-24-17-8-9-18(15(2)12-17)20-19(22)21-10-6-7-16(13-21)14-23-3/h8-9,12,16H,4-7,10-11,13-14H2,1-3H3,(H,20,22)/t16-/m1/s1. The number of aryl methyl sites for hydroxylation is 1. The third-order valence-corrected chi connectivity index (χ3v) is 4.41. The van der Waals surface area contributed by atoms with Gasteiger partial charge in [-0.2, -0.15) is 0 Å². The highest BCUT2D eigenvalue weighted by molar-refractivity contribution is 5.90. The molecule has 134 valence electrons. The van der Waals surface area contributed by atoms with Gasteiger partial charge in [0.25, 0.3) is 0 Å². The lowest BCUT2D eigenvalue weighted by Gasteiger charge is -2.32. The molecule has 0 unspecified atom stereocenters. The molecule has 1 heterocycles. The third kappa shape index (κ3) is 5.41. The molecule has 0 aromatic heterocycles. The summed E-state index contributed by atoms with van der Waals surface area (Å²) in [5.41, 5.74) is 1.86. The van der Waals surface area contributed by atoms with Gasteiger partial charge in [-0.25, -0.2) is 4.79 Å². The van der Waals surface area contributed by atoms with Gasteiger partial charge in [-0.15, -0.1) is 0 Å². The molecule has 1 aliphatic rings. The maximum absolute atomic E-state index is 12.5. The molecule has 1 aromatic carbocycles. The van der Waals surface area contributed by atoms with Crippen molar-refractivity contribution in [2.45, 2.75) is 39.5 Å². The number of methoxy groups -OCH3 is 1. The first kappa shape index (κ1) is 18.6. The van der Waals surface area contributed by atoms with E-state index in [0.29, 0.717) is 12.5 Å². The van der Waals surface area contributed by atoms with Crippen molar-refractivity contribution >= 4 is 11.7 Å². The fourth-order valence-electron chi connectivity index (χ4n) is 3.02. The van der Waals surface area contributed by atoms with Crippen LogP contribution in [0.15, 0.2) is 18.2 Å². The Morgan fingerprint density at radius 3 is 2.96 bits per heavy atom. The van der Waals surface area contributed by atoms with Crippen LogP contribution in [0.25, 0.3) is 0 Å². The van der Waals surface area contributed by atoms with Crippen LogP contribution < -0.4 is 10.1 Å². The van der Waals surface area contributed by atoms with E-state index >= 15 is 0 Å². The molecule has 2 amide bonds. The summed E-state index contributed by atoms with van der Waals surface area (Å²) in [6, 6.07) is 5.79. The van der Waals surface area contributed by atoms with E-state index in [1.807, 2.05) is 30.0 Å². The lowest BCUT2D eigenvalue weighted by Crippen LogP contribution is -2.43. The molecule has 0 saturated carbocycles. The number of carbonyl (C=O) groups excluding carboxylic acids is 1. The van der Waals surface area contributed by atoms with E-state index in [1.165, 1.54) is 0 Å². The van der Waals surface area contributed by atoms with Gasteiger partial charge in [0.2, 0.25) is 0 Å². The normalized spacial score (nSPS) is 17.6. The summed E-state index contributed by atoms with van der Waals surface area (Å²) in [5, 5.41) is 3.03. The number of piperidine rings is 1. The van der Waals surface area contributed by atoms with Gasteiger partial charge in [-0.3, -0.25) is 0 Å². The average Bonchev–Trinajstić information content (AvgIpc) is 2.58. The minimum absolute atomic E-state index is 0.0291. The average molecular weight is 334 g/mol. The van der Waals surface area contributed by atoms with Crippen LogP contribution in [0.2, 0.25) is 0 Å². The largest absolute Gasteiger partial charge is 0.494 e. The molecular weight excluding hydrogens is 304 g/mol. The van der Waals surface area contributed by atoms with Crippen molar-refractivity contribution in [2.75, 3.05) is 38.7 Å². The Kier molecular flexibility index (Phi) is 7.37. The van der Waals surface area contributed by atoms with Crippen LogP contribution in [-0.2, 0) is 4.74 Å². The van der Waals surface area contributed by atoms with Crippen molar-refractivity contribution < 1.29 is 14.3 Å². The van der Waals surface area contributed by atoms with Crippen molar-refractivity contribution in [1.29, 1.82) is 0 Å². The van der Waals surface area contributed by atoms with Gasteiger partial charge >= 0.3 is 6.03 Å². The molecule has 1 aliphatic heterocycles. The van der Waals surface area contributed by atoms with E-state index in [1.54, 1.807) is 7.11 Å². The third-order valence-electron chi connectivity index (χ3n) is 4.41. The first-order valence-electron chi connectivity index (χ1n) is 8.92. The van der Waals surface area contributed by atoms with Crippen molar-refractivity contribution in [1.82, 2.24) is 4.90 Å². The van der Waals surface area contributed by atoms with Gasteiger partial charge in [0, 0.05) is 31.8 Å². The Morgan fingerprint density at radius 2 is 2.25 bits per heavy atom. The molecular formula is C19H30N2O3. The summed E-state index contributed by atoms with van der Waals surface area (Å²) in [7, 11) is 1.71. The number of ether oxygens (including phenoxy) is 2. The molecule has 0 aliphatic carbocycles. The number of carbonyl (C=O) groups is 1. The van der Waals surface area contributed by atoms with Crippen LogP contribution in [0.3, 0.4) is 0 Å². The maximum atomic E-state index is 12.5. The number of unbranched alkanes of at least 4 members (excludes halogenated alkanes) is 1. The molecule has 0 bridgehead atoms. The van der Waals surface area contributed by atoms with Gasteiger partial charge in [0.1, 0.15) is 5.75 Å². The van der Waals surface area contributed by atoms with E-state index in [4.69, 9.17) is 9.47 Å². The minimum Gasteiger partial charge on any atom is -0.494 e. The number of urea groups is 1. The zero-order valence-electron chi connectivity index (χ0n) is 15.1. The van der Waals surface area contributed by atoms with E-state index < -0.39 is 0 Å². The molecule has 1 fully saturated rings. The van der Waals surface area contributed by atoms with Gasteiger partial charge in [0.05, 0.1) is 13.2 Å². The monoisotopic (exact) mass is 334 g/mol. The maximum Gasteiger partial charge on any atom is 0.321 e. The van der Waals surface area contributed by atoms with E-state index in [9.17, 15) is 4.79 Å². The Balaban J connectivity index is 1.91. The van der Waals surface area contributed by atoms with E-state index in [-0.39, 0.29) is 6.03 Å². The number of nitrogens with zero attached hydrogens (tertiary/aromatic N) is 1. The molecule has 1 saturated heterocycles. The molecule has 1 N–H and O–H groups in total. The zero-order valence-corrected chi connectivity index (χ0v) is 15.1. The number of likely N-dealkylation sites (tertiary alicyclic amines) is 1. The molecule has 0 radical (unpaired) electrons. The number of benzene rings is 1. The fourth-order valence-corrected chi connectivity index (χ4v) is 3.02. The number of anilines is 1. The quantitative estimate of drug-likeness (QED) is 0.765. The molecule has 5 heteroatoms. The van der Waals surface area contributed by atoms with Crippen molar-refractivity contribution in [3.8, 4) is 5.75 Å². The summed E-state index contributed by atoms with van der Waals surface area (Å²) < 4.78 is 10.9. The first-order chi connectivity index (χ1) is 11.6. The van der Waals surface area contributed by atoms with Crippen molar-refractivity contribution in [2.24, 2.45) is 5.92 Å². The van der Waals surface area contributed by atoms with Crippen LogP contribution >= 0.6 is 0 Å². The predicted octanol–water partition coefficient (Wildman–Crippen LogP) is 4.06. The number of nitrogens with one attached hydrogen (secondary N) is 1. The SMILES string of the molecule is CCCCOc1ccc(NC(=O)N2CCC[C@@H](COC)C2)c(C)c1. The molecule has 24 heavy (non-hydrogen) atoms. The number of hydrogen-bond acceptors (Lipinski definition) is 3. The summed E-state index contributed by atoms with van der Waals surface area (Å²) in [6.45, 7) is 7.15. The van der Waals surface area contributed by atoms with Gasteiger partial charge < -0.3 is 19.7 Å². The lowest BCUT2D eigenvalue weighted by molar-refractivity contribution is 0.104. The summed E-state index contributed by atoms with van der Waals surface area (Å²) in [6.07, 6.45) is 4.33. The lowest BCUT2D eigenvalue weighted by atomic mass is 9.99. The molecule has 1 aromatic rings. The molecule has 0 spiro atoms. The highest BCUT2D eigenvalue weighted by Crippen LogP contribution is 2.23. The first-order valence-corrected chi connectivity index (χ1v) is 8.92. The van der Waals surface area contributed by atoms with E-state index in [2.05, 4.69) is 12.2 Å². The summed E-state index contributed by atoms with van der Waals surface area (Å²) >= 11 is 0. The van der Waals surface area contributed by atoms with Crippen LogP contribution in [0.5, 0.6) is 5.75 Å². The molecule has 5 nitrogen and oxygen atoms in total. The van der Waals surface area contributed by atoms with E-state index in [0.717, 1.165) is 62.4 Å². The summed E-state index contributed by atoms with van der Waals surface area (Å²) in [5.74, 6) is 1.29. The van der Waals surface area contributed by atoms with Crippen LogP contribution in [0.1, 0.15) is 38.2 Å². The number of rotatable bonds is 7. The zero-order chi connectivity index (χ0) is 17.4. The second-order valence-corrected chi connectivity index (χ2v) is 6.52. The Morgan fingerprint density at radius 1 is 1.42 bits per heavy atom. The second-order valence-electron chi connectivity index (χ2n) is 6.52. The highest BCUT2D eigenvalue weighted by atomic mass is 16.5. The second kappa shape index (κ2) is 9.52. The Labute approximate surface area is 145 Å².